The predicted molar refractivity (Wildman–Crippen MR) is 97.3 cm³/mol. The van der Waals surface area contributed by atoms with Crippen LogP contribution < -0.4 is 5.32 Å². The molecule has 2 N–H and O–H groups in total. The molecule has 3 unspecified atom stereocenters. The van der Waals surface area contributed by atoms with Crippen molar-refractivity contribution in [2.75, 3.05) is 6.54 Å². The molecule has 5 heteroatoms. The lowest BCUT2D eigenvalue weighted by Crippen LogP contribution is -2.34. The molecule has 0 saturated heterocycles. The van der Waals surface area contributed by atoms with Crippen molar-refractivity contribution < 1.29 is 14.4 Å². The van der Waals surface area contributed by atoms with Crippen molar-refractivity contribution in [3.05, 3.63) is 52.9 Å². The monoisotopic (exact) mass is 344 g/mol. The topological polar surface area (TPSA) is 75.4 Å². The summed E-state index contributed by atoms with van der Waals surface area (Å²) in [6, 6.07) is 9.99. The fourth-order valence-electron chi connectivity index (χ4n) is 3.06. The molecule has 1 aromatic heterocycles. The summed E-state index contributed by atoms with van der Waals surface area (Å²) in [5.74, 6) is 0.705. The summed E-state index contributed by atoms with van der Waals surface area (Å²) in [6.07, 6.45) is 0.809. The second kappa shape index (κ2) is 8.81. The van der Waals surface area contributed by atoms with Crippen LogP contribution in [0.2, 0.25) is 0 Å². The summed E-state index contributed by atoms with van der Waals surface area (Å²) in [5, 5.41) is 16.7. The Morgan fingerprint density at radius 2 is 1.92 bits per heavy atom. The maximum atomic E-state index is 12.5. The molecule has 2 aromatic rings. The second-order valence-corrected chi connectivity index (χ2v) is 6.85. The Bertz CT molecular complexity index is 660. The van der Waals surface area contributed by atoms with E-state index in [1.165, 1.54) is 0 Å². The standard InChI is InChI=1S/C20H28N2O3/c1-13(10-19-15(3)22-25-16(19)4)20(24)21-12-18(11-14(2)23)17-8-6-5-7-9-17/h5-9,13-14,18,23H,10-12H2,1-4H3,(H,21,24). The molecule has 0 aliphatic rings. The van der Waals surface area contributed by atoms with Crippen LogP contribution in [-0.2, 0) is 11.2 Å². The van der Waals surface area contributed by atoms with Crippen molar-refractivity contribution in [3.8, 4) is 0 Å². The molecule has 136 valence electrons. The number of carbonyl (C=O) groups is 1. The van der Waals surface area contributed by atoms with Crippen LogP contribution in [0.4, 0.5) is 0 Å². The lowest BCUT2D eigenvalue weighted by atomic mass is 9.93. The number of rotatable bonds is 8. The third kappa shape index (κ3) is 5.43. The minimum Gasteiger partial charge on any atom is -0.393 e. The van der Waals surface area contributed by atoms with Gasteiger partial charge in [0.25, 0.3) is 0 Å². The number of aromatic nitrogens is 1. The summed E-state index contributed by atoms with van der Waals surface area (Å²) >= 11 is 0. The number of benzene rings is 1. The molecule has 2 rings (SSSR count). The first-order chi connectivity index (χ1) is 11.9. The van der Waals surface area contributed by atoms with E-state index in [1.54, 1.807) is 6.92 Å². The summed E-state index contributed by atoms with van der Waals surface area (Å²) in [4.78, 5) is 12.5. The van der Waals surface area contributed by atoms with Crippen molar-refractivity contribution in [1.82, 2.24) is 10.5 Å². The van der Waals surface area contributed by atoms with Crippen LogP contribution >= 0.6 is 0 Å². The van der Waals surface area contributed by atoms with Gasteiger partial charge in [-0.1, -0.05) is 42.4 Å². The number of nitrogens with zero attached hydrogens (tertiary/aromatic N) is 1. The van der Waals surface area contributed by atoms with Crippen LogP contribution in [0.25, 0.3) is 0 Å². The first-order valence-corrected chi connectivity index (χ1v) is 8.81. The summed E-state index contributed by atoms with van der Waals surface area (Å²) < 4.78 is 5.17. The second-order valence-electron chi connectivity index (χ2n) is 6.85. The normalized spacial score (nSPS) is 14.8. The van der Waals surface area contributed by atoms with Gasteiger partial charge in [0.2, 0.25) is 5.91 Å². The summed E-state index contributed by atoms with van der Waals surface area (Å²) in [7, 11) is 0. The van der Waals surface area contributed by atoms with Crippen LogP contribution in [0.5, 0.6) is 0 Å². The molecule has 0 aliphatic carbocycles. The van der Waals surface area contributed by atoms with Gasteiger partial charge in [0.1, 0.15) is 5.76 Å². The van der Waals surface area contributed by atoms with Crippen molar-refractivity contribution in [1.29, 1.82) is 0 Å². The zero-order valence-electron chi connectivity index (χ0n) is 15.5. The van der Waals surface area contributed by atoms with Crippen molar-refractivity contribution in [3.63, 3.8) is 0 Å². The van der Waals surface area contributed by atoms with Crippen LogP contribution in [0.15, 0.2) is 34.9 Å². The minimum atomic E-state index is -0.415. The number of amides is 1. The summed E-state index contributed by atoms with van der Waals surface area (Å²) in [5.41, 5.74) is 2.97. The van der Waals surface area contributed by atoms with E-state index in [0.29, 0.717) is 19.4 Å². The van der Waals surface area contributed by atoms with Crippen molar-refractivity contribution in [2.45, 2.75) is 52.6 Å². The number of aliphatic hydroxyl groups excluding tert-OH is 1. The van der Waals surface area contributed by atoms with Gasteiger partial charge < -0.3 is 14.9 Å². The molecule has 5 nitrogen and oxygen atoms in total. The Kier molecular flexibility index (Phi) is 6.76. The molecule has 3 atom stereocenters. The summed E-state index contributed by atoms with van der Waals surface area (Å²) in [6.45, 7) is 7.96. The fourth-order valence-corrected chi connectivity index (χ4v) is 3.06. The molecule has 25 heavy (non-hydrogen) atoms. The van der Waals surface area contributed by atoms with Crippen LogP contribution in [0.3, 0.4) is 0 Å². The van der Waals surface area contributed by atoms with Crippen LogP contribution in [-0.4, -0.2) is 28.8 Å². The lowest BCUT2D eigenvalue weighted by molar-refractivity contribution is -0.124. The van der Waals surface area contributed by atoms with E-state index in [-0.39, 0.29) is 17.7 Å². The van der Waals surface area contributed by atoms with Gasteiger partial charge in [0.05, 0.1) is 11.8 Å². The Hall–Kier alpha value is -2.14. The molecule has 0 bridgehead atoms. The number of aryl methyl sites for hydroxylation is 2. The smallest absolute Gasteiger partial charge is 0.223 e. The van der Waals surface area contributed by atoms with Gasteiger partial charge in [0.15, 0.2) is 0 Å². The van der Waals surface area contributed by atoms with Gasteiger partial charge in [-0.05, 0) is 39.2 Å². The van der Waals surface area contributed by atoms with E-state index >= 15 is 0 Å². The zero-order chi connectivity index (χ0) is 18.4. The Morgan fingerprint density at radius 1 is 1.24 bits per heavy atom. The number of aliphatic hydroxyl groups is 1. The third-order valence-corrected chi connectivity index (χ3v) is 4.56. The fraction of sp³-hybridized carbons (Fsp3) is 0.500. The van der Waals surface area contributed by atoms with Gasteiger partial charge in [-0.2, -0.15) is 0 Å². The number of hydrogen-bond donors (Lipinski definition) is 2. The minimum absolute atomic E-state index is 0.00604. The Balaban J connectivity index is 1.96. The maximum absolute atomic E-state index is 12.5. The highest BCUT2D eigenvalue weighted by atomic mass is 16.5. The Morgan fingerprint density at radius 3 is 2.48 bits per heavy atom. The maximum Gasteiger partial charge on any atom is 0.223 e. The van der Waals surface area contributed by atoms with E-state index in [4.69, 9.17) is 4.52 Å². The quantitative estimate of drug-likeness (QED) is 0.771. The number of hydrogen-bond acceptors (Lipinski definition) is 4. The first kappa shape index (κ1) is 19.2. The lowest BCUT2D eigenvalue weighted by Gasteiger charge is -2.21. The molecule has 0 radical (unpaired) electrons. The molecular weight excluding hydrogens is 316 g/mol. The van der Waals surface area contributed by atoms with E-state index in [9.17, 15) is 9.90 Å². The first-order valence-electron chi connectivity index (χ1n) is 8.81. The molecular formula is C20H28N2O3. The predicted octanol–water partition coefficient (Wildman–Crippen LogP) is 3.14. The average molecular weight is 344 g/mol. The van der Waals surface area contributed by atoms with Gasteiger partial charge in [-0.25, -0.2) is 0 Å². The molecule has 1 aromatic carbocycles. The van der Waals surface area contributed by atoms with E-state index in [2.05, 4.69) is 10.5 Å². The third-order valence-electron chi connectivity index (χ3n) is 4.56. The van der Waals surface area contributed by atoms with Crippen molar-refractivity contribution in [2.24, 2.45) is 5.92 Å². The van der Waals surface area contributed by atoms with Crippen molar-refractivity contribution >= 4 is 5.91 Å². The highest BCUT2D eigenvalue weighted by Gasteiger charge is 2.20. The molecule has 1 amide bonds. The van der Waals surface area contributed by atoms with Gasteiger partial charge in [-0.3, -0.25) is 4.79 Å². The van der Waals surface area contributed by atoms with E-state index < -0.39 is 6.10 Å². The highest BCUT2D eigenvalue weighted by Crippen LogP contribution is 2.21. The zero-order valence-corrected chi connectivity index (χ0v) is 15.5. The highest BCUT2D eigenvalue weighted by molar-refractivity contribution is 5.78. The molecule has 0 fully saturated rings. The van der Waals surface area contributed by atoms with Crippen LogP contribution in [0.1, 0.15) is 48.8 Å². The SMILES string of the molecule is Cc1noc(C)c1CC(C)C(=O)NCC(CC(C)O)c1ccccc1. The van der Waals surface area contributed by atoms with E-state index in [1.807, 2.05) is 51.1 Å². The van der Waals surface area contributed by atoms with Crippen LogP contribution in [0, 0.1) is 19.8 Å². The van der Waals surface area contributed by atoms with E-state index in [0.717, 1.165) is 22.6 Å². The van der Waals surface area contributed by atoms with Gasteiger partial charge >= 0.3 is 0 Å². The molecule has 0 spiro atoms. The van der Waals surface area contributed by atoms with Gasteiger partial charge in [-0.15, -0.1) is 0 Å². The Labute approximate surface area is 149 Å². The van der Waals surface area contributed by atoms with Gasteiger partial charge in [0, 0.05) is 23.9 Å². The molecule has 0 saturated carbocycles. The largest absolute Gasteiger partial charge is 0.393 e. The number of carbonyl (C=O) groups excluding carboxylic acids is 1. The average Bonchev–Trinajstić information content (AvgIpc) is 2.90. The molecule has 0 aliphatic heterocycles. The number of nitrogens with one attached hydrogen (secondary N) is 1. The molecule has 1 heterocycles.